The minimum atomic E-state index is 0.765. The third-order valence-electron chi connectivity index (χ3n) is 7.97. The van der Waals surface area contributed by atoms with Gasteiger partial charge in [0.25, 0.3) is 0 Å². The van der Waals surface area contributed by atoms with Crippen LogP contribution in [0.5, 0.6) is 0 Å². The van der Waals surface area contributed by atoms with E-state index in [9.17, 15) is 0 Å². The van der Waals surface area contributed by atoms with Gasteiger partial charge in [-0.15, -0.1) is 0 Å². The van der Waals surface area contributed by atoms with Crippen molar-refractivity contribution in [3.05, 3.63) is 107 Å². The topological polar surface area (TPSA) is 43.1 Å². The Morgan fingerprint density at radius 2 is 1.43 bits per heavy atom. The molecule has 0 radical (unpaired) electrons. The molecular formula is C31H18N4. The number of imidazole rings is 1. The fraction of sp³-hybridized carbons (Fsp3) is 0.0645. The molecule has 0 unspecified atom stereocenters. The van der Waals surface area contributed by atoms with Gasteiger partial charge in [0.15, 0.2) is 5.65 Å². The highest BCUT2D eigenvalue weighted by Gasteiger charge is 2.30. The molecule has 0 fully saturated rings. The Hall–Kier alpha value is -4.57. The quantitative estimate of drug-likeness (QED) is 0.243. The van der Waals surface area contributed by atoms with Gasteiger partial charge in [0.2, 0.25) is 0 Å². The van der Waals surface area contributed by atoms with E-state index >= 15 is 0 Å². The molecule has 4 heteroatoms. The van der Waals surface area contributed by atoms with E-state index in [1.54, 1.807) is 0 Å². The Morgan fingerprint density at radius 3 is 2.40 bits per heavy atom. The van der Waals surface area contributed by atoms with Crippen LogP contribution in [0.2, 0.25) is 0 Å². The molecule has 0 N–H and O–H groups in total. The molecule has 4 nitrogen and oxygen atoms in total. The first-order chi connectivity index (χ1) is 17.4. The molecule has 35 heavy (non-hydrogen) atoms. The van der Waals surface area contributed by atoms with Crippen LogP contribution in [0.1, 0.15) is 22.3 Å². The first kappa shape index (κ1) is 17.8. The largest absolute Gasteiger partial charge is 0.288 e. The average molecular weight is 447 g/mol. The second kappa shape index (κ2) is 6.10. The highest BCUT2D eigenvalue weighted by Crippen LogP contribution is 2.49. The van der Waals surface area contributed by atoms with E-state index in [1.807, 2.05) is 24.5 Å². The molecule has 0 aliphatic heterocycles. The lowest BCUT2D eigenvalue weighted by Crippen LogP contribution is -1.95. The summed E-state index contributed by atoms with van der Waals surface area (Å²) in [4.78, 5) is 14.5. The zero-order valence-electron chi connectivity index (χ0n) is 18.8. The normalized spacial score (nSPS) is 13.5. The van der Waals surface area contributed by atoms with Crippen LogP contribution in [0.4, 0.5) is 0 Å². The second-order valence-electron chi connectivity index (χ2n) is 9.64. The van der Waals surface area contributed by atoms with Gasteiger partial charge in [-0.05, 0) is 81.6 Å². The number of fused-ring (bicyclic) bond motifs is 16. The predicted molar refractivity (Wildman–Crippen MR) is 140 cm³/mol. The molecule has 0 atom stereocenters. The van der Waals surface area contributed by atoms with E-state index in [1.165, 1.54) is 49.9 Å². The zero-order chi connectivity index (χ0) is 22.7. The van der Waals surface area contributed by atoms with Crippen LogP contribution in [0.15, 0.2) is 85.2 Å². The van der Waals surface area contributed by atoms with Crippen LogP contribution in [0, 0.1) is 0 Å². The van der Waals surface area contributed by atoms with Crippen LogP contribution in [-0.4, -0.2) is 19.4 Å². The predicted octanol–water partition coefficient (Wildman–Crippen LogP) is 6.73. The van der Waals surface area contributed by atoms with Crippen LogP contribution in [0.25, 0.3) is 60.9 Å². The summed E-state index contributed by atoms with van der Waals surface area (Å²) in [7, 11) is 0. The zero-order valence-corrected chi connectivity index (χ0v) is 18.8. The van der Waals surface area contributed by atoms with Crippen molar-refractivity contribution in [2.75, 3.05) is 0 Å². The van der Waals surface area contributed by atoms with Gasteiger partial charge in [-0.2, -0.15) is 0 Å². The van der Waals surface area contributed by atoms with Crippen molar-refractivity contribution in [1.29, 1.82) is 0 Å². The van der Waals surface area contributed by atoms with Gasteiger partial charge in [0, 0.05) is 23.2 Å². The lowest BCUT2D eigenvalue weighted by molar-refractivity contribution is 1.16. The summed E-state index contributed by atoms with van der Waals surface area (Å²) in [5.74, 6) is 0. The number of hydrogen-bond donors (Lipinski definition) is 0. The van der Waals surface area contributed by atoms with Gasteiger partial charge in [-0.25, -0.2) is 9.97 Å². The number of pyridine rings is 3. The van der Waals surface area contributed by atoms with Gasteiger partial charge < -0.3 is 0 Å². The Labute approximate surface area is 200 Å². The number of benzene rings is 3. The summed E-state index contributed by atoms with van der Waals surface area (Å²) in [6, 6.07) is 26.3. The monoisotopic (exact) mass is 446 g/mol. The summed E-state index contributed by atoms with van der Waals surface area (Å²) in [6.07, 6.45) is 5.69. The van der Waals surface area contributed by atoms with Crippen LogP contribution in [0.3, 0.4) is 0 Å². The second-order valence-corrected chi connectivity index (χ2v) is 9.64. The Balaban J connectivity index is 1.44. The Kier molecular flexibility index (Phi) is 3.11. The van der Waals surface area contributed by atoms with Gasteiger partial charge in [-0.3, -0.25) is 9.38 Å². The SMILES string of the molecule is c1ccc2c(c1)Cc1c-2ccc2c1Cc1ccc3c(c1-2)c1ncccc1n1c2cccnc2nc31. The summed E-state index contributed by atoms with van der Waals surface area (Å²) in [5, 5.41) is 2.33. The van der Waals surface area contributed by atoms with Crippen molar-refractivity contribution in [3.8, 4) is 22.3 Å². The van der Waals surface area contributed by atoms with Crippen LogP contribution >= 0.6 is 0 Å². The maximum Gasteiger partial charge on any atom is 0.178 e. The average Bonchev–Trinajstić information content (AvgIpc) is 3.59. The molecule has 0 saturated carbocycles. The summed E-state index contributed by atoms with van der Waals surface area (Å²) < 4.78 is 2.22. The standard InChI is InChI=1S/C31H18N4/c1-2-6-19-17(5-1)15-23-20(19)11-12-21-24(23)16-18-9-10-22-28(27(18)21)29-25(7-3-13-32-29)35-26-8-4-14-33-30(26)34-31(22)35/h1-14H,15-16H2. The molecule has 2 aliphatic rings. The van der Waals surface area contributed by atoms with Crippen LogP contribution < -0.4 is 0 Å². The highest BCUT2D eigenvalue weighted by molar-refractivity contribution is 6.19. The summed E-state index contributed by atoms with van der Waals surface area (Å²) in [5.41, 5.74) is 16.0. The maximum absolute atomic E-state index is 4.98. The maximum atomic E-state index is 4.98. The molecule has 0 bridgehead atoms. The third kappa shape index (κ3) is 2.11. The van der Waals surface area contributed by atoms with Crippen LogP contribution in [-0.2, 0) is 12.8 Å². The van der Waals surface area contributed by atoms with E-state index in [0.29, 0.717) is 0 Å². The van der Waals surface area contributed by atoms with Gasteiger partial charge in [0.05, 0.1) is 16.6 Å². The number of rotatable bonds is 0. The summed E-state index contributed by atoms with van der Waals surface area (Å²) >= 11 is 0. The van der Waals surface area contributed by atoms with E-state index in [-0.39, 0.29) is 0 Å². The Bertz CT molecular complexity index is 2070. The molecule has 4 heterocycles. The first-order valence-electron chi connectivity index (χ1n) is 12.1. The fourth-order valence-electron chi connectivity index (χ4n) is 6.54. The smallest absolute Gasteiger partial charge is 0.178 e. The lowest BCUT2D eigenvalue weighted by atomic mass is 9.94. The number of hydrogen-bond acceptors (Lipinski definition) is 3. The highest BCUT2D eigenvalue weighted by atomic mass is 15.1. The van der Waals surface area contributed by atoms with E-state index in [2.05, 4.69) is 70.0 Å². The van der Waals surface area contributed by atoms with E-state index in [4.69, 9.17) is 9.97 Å². The minimum Gasteiger partial charge on any atom is -0.288 e. The fourth-order valence-corrected chi connectivity index (χ4v) is 6.54. The van der Waals surface area contributed by atoms with E-state index in [0.717, 1.165) is 46.1 Å². The van der Waals surface area contributed by atoms with Gasteiger partial charge in [-0.1, -0.05) is 48.5 Å². The van der Waals surface area contributed by atoms with Gasteiger partial charge >= 0.3 is 0 Å². The van der Waals surface area contributed by atoms with E-state index < -0.39 is 0 Å². The van der Waals surface area contributed by atoms with Crippen molar-refractivity contribution < 1.29 is 0 Å². The molecule has 0 amide bonds. The van der Waals surface area contributed by atoms with Crippen molar-refractivity contribution in [2.24, 2.45) is 0 Å². The third-order valence-corrected chi connectivity index (χ3v) is 7.97. The number of nitrogens with zero attached hydrogens (tertiary/aromatic N) is 4. The van der Waals surface area contributed by atoms with Crippen molar-refractivity contribution in [3.63, 3.8) is 0 Å². The van der Waals surface area contributed by atoms with Crippen molar-refractivity contribution >= 4 is 38.6 Å². The molecule has 4 aromatic heterocycles. The molecule has 0 saturated heterocycles. The van der Waals surface area contributed by atoms with Crippen molar-refractivity contribution in [2.45, 2.75) is 12.8 Å². The molecule has 162 valence electrons. The molecule has 7 aromatic rings. The lowest BCUT2D eigenvalue weighted by Gasteiger charge is -2.13. The molecular weight excluding hydrogens is 428 g/mol. The molecule has 2 aliphatic carbocycles. The first-order valence-corrected chi connectivity index (χ1v) is 12.1. The van der Waals surface area contributed by atoms with Gasteiger partial charge in [0.1, 0.15) is 5.65 Å². The molecule has 0 spiro atoms. The molecule has 3 aromatic carbocycles. The molecule has 9 rings (SSSR count). The summed E-state index contributed by atoms with van der Waals surface area (Å²) in [6.45, 7) is 0. The number of aromatic nitrogens is 4. The van der Waals surface area contributed by atoms with Crippen molar-refractivity contribution in [1.82, 2.24) is 19.4 Å². The minimum absolute atomic E-state index is 0.765. The Morgan fingerprint density at radius 1 is 0.629 bits per heavy atom.